The molecule has 0 spiro atoms. The maximum atomic E-state index is 12.7. The maximum Gasteiger partial charge on any atom is 0.351 e. The summed E-state index contributed by atoms with van der Waals surface area (Å²) in [5, 5.41) is 12.4. The second-order valence-electron chi connectivity index (χ2n) is 7.99. The fourth-order valence-electron chi connectivity index (χ4n) is 3.51. The predicted octanol–water partition coefficient (Wildman–Crippen LogP) is 3.91. The molecule has 0 amide bonds. The zero-order chi connectivity index (χ0) is 28.0. The van der Waals surface area contributed by atoms with Crippen molar-refractivity contribution in [2.45, 2.75) is 91.8 Å². The van der Waals surface area contributed by atoms with Gasteiger partial charge in [-0.05, 0) is 48.4 Å². The molecule has 35 heavy (non-hydrogen) atoms. The Morgan fingerprint density at radius 1 is 1.54 bits per heavy atom. The van der Waals surface area contributed by atoms with Crippen LogP contribution in [0.2, 0.25) is 0 Å². The van der Waals surface area contributed by atoms with Crippen LogP contribution in [0.25, 0.3) is 0 Å². The van der Waals surface area contributed by atoms with Crippen molar-refractivity contribution in [1.29, 1.82) is 6.69 Å². The second-order valence-corrected chi connectivity index (χ2v) is 9.39. The number of aromatic nitrogens is 2. The normalized spacial score (nSPS) is 21.2. The summed E-state index contributed by atoms with van der Waals surface area (Å²) in [4.78, 5) is 21.0. The minimum atomic E-state index is -1.50. The van der Waals surface area contributed by atoms with Gasteiger partial charge in [-0.25, -0.2) is 14.5 Å². The van der Waals surface area contributed by atoms with Gasteiger partial charge in [0.1, 0.15) is 6.23 Å². The van der Waals surface area contributed by atoms with Crippen molar-refractivity contribution in [2.75, 3.05) is 13.7 Å². The molecule has 1 N–H and O–H groups in total. The average Bonchev–Trinajstić information content (AvgIpc) is 3.23. The van der Waals surface area contributed by atoms with E-state index in [2.05, 4.69) is 65.4 Å². The van der Waals surface area contributed by atoms with Crippen LogP contribution in [0.1, 0.15) is 74.4 Å². The first-order valence-corrected chi connectivity index (χ1v) is 12.5. The molecule has 10 nitrogen and oxygen atoms in total. The molecule has 1 saturated heterocycles. The number of ether oxygens (including phenoxy) is 1. The van der Waals surface area contributed by atoms with Crippen LogP contribution < -0.4 is 5.69 Å². The molecule has 1 aliphatic heterocycles. The molecule has 0 aromatic carbocycles. The molecule has 1 aliphatic rings. The monoisotopic (exact) mass is 510 g/mol. The van der Waals surface area contributed by atoms with Crippen LogP contribution in [0.15, 0.2) is 16.0 Å². The van der Waals surface area contributed by atoms with Crippen LogP contribution in [-0.2, 0) is 13.8 Å². The Kier molecular flexibility index (Phi) is 12.3. The fraction of sp³-hybridized carbons (Fsp3) is 0.667. The average molecular weight is 511 g/mol. The lowest BCUT2D eigenvalue weighted by atomic mass is 10.2. The Morgan fingerprint density at radius 3 is 2.77 bits per heavy atom. The Hall–Kier alpha value is -2.17. The number of hydrogen-bond donors (Lipinski definition) is 1. The van der Waals surface area contributed by atoms with E-state index in [-0.39, 0.29) is 37.8 Å². The molecule has 0 aliphatic carbocycles. The lowest BCUT2D eigenvalue weighted by Crippen LogP contribution is -2.35. The van der Waals surface area contributed by atoms with Crippen LogP contribution in [0.3, 0.4) is 0 Å². The van der Waals surface area contributed by atoms with Gasteiger partial charge < -0.3 is 18.9 Å². The first kappa shape index (κ1) is 27.4. The third kappa shape index (κ3) is 8.77. The summed E-state index contributed by atoms with van der Waals surface area (Å²) in [6, 6.07) is 2.38. The van der Waals surface area contributed by atoms with E-state index >= 15 is 0 Å². The van der Waals surface area contributed by atoms with E-state index in [1.54, 1.807) is 26.3 Å². The summed E-state index contributed by atoms with van der Waals surface area (Å²) in [7, 11) is -0.210. The standard InChI is InChI=1S/C23H34N5O4P.CH4O/c1-8-11-19-15-27(23(29)26-22(19)25-9-2)21-14-20(18(7)31-21)32-33(30-13-10-12-24)28(16(3)4)17(5)6;1-2/h9,15-18,20-21H,10,13-14H2,1-7H3;2H,1H3/t18-,20?,21-,33?;/m1./s1/i7D;2T. The van der Waals surface area contributed by atoms with Crippen molar-refractivity contribution in [2.24, 2.45) is 4.99 Å². The van der Waals surface area contributed by atoms with Gasteiger partial charge in [0.2, 0.25) is 1.43 Å². The van der Waals surface area contributed by atoms with E-state index in [0.29, 0.717) is 12.0 Å². The van der Waals surface area contributed by atoms with Crippen molar-refractivity contribution in [3.63, 3.8) is 0 Å². The van der Waals surface area contributed by atoms with Crippen LogP contribution in [0, 0.1) is 23.2 Å². The molecular formula is C24H38N5O5P. The molecule has 0 saturated carbocycles. The number of aliphatic hydroxyl groups excluding tert-OH is 1. The molecule has 1 fully saturated rings. The van der Waals surface area contributed by atoms with E-state index in [1.807, 2.05) is 0 Å². The van der Waals surface area contributed by atoms with Gasteiger partial charge in [0.15, 0.2) is 5.82 Å². The highest BCUT2D eigenvalue weighted by Crippen LogP contribution is 2.49. The van der Waals surface area contributed by atoms with Crippen LogP contribution in [0.4, 0.5) is 5.82 Å². The van der Waals surface area contributed by atoms with Gasteiger partial charge in [-0.3, -0.25) is 4.57 Å². The highest BCUT2D eigenvalue weighted by atomic mass is 31.2. The van der Waals surface area contributed by atoms with Crippen molar-refractivity contribution >= 4 is 20.6 Å². The minimum absolute atomic E-state index is 0.0338. The quantitative estimate of drug-likeness (QED) is 0.218. The minimum Gasteiger partial charge on any atom is -0.400 e. The molecule has 1 aromatic rings. The van der Waals surface area contributed by atoms with Crippen LogP contribution in [-0.4, -0.2) is 65.0 Å². The summed E-state index contributed by atoms with van der Waals surface area (Å²) in [5.74, 6) is 6.01. The van der Waals surface area contributed by atoms with Crippen molar-refractivity contribution in [1.82, 2.24) is 14.2 Å². The molecule has 2 heterocycles. The van der Waals surface area contributed by atoms with Gasteiger partial charge in [-0.2, -0.15) is 10.2 Å². The molecule has 0 radical (unpaired) electrons. The first-order valence-electron chi connectivity index (χ1n) is 12.5. The smallest absolute Gasteiger partial charge is 0.351 e. The van der Waals surface area contributed by atoms with E-state index in [0.717, 1.165) is 0 Å². The van der Waals surface area contributed by atoms with E-state index < -0.39 is 32.7 Å². The largest absolute Gasteiger partial charge is 0.400 e. The Bertz CT molecular complexity index is 1010. The third-order valence-corrected chi connectivity index (χ3v) is 6.98. The zero-order valence-corrected chi connectivity index (χ0v) is 22.5. The van der Waals surface area contributed by atoms with Gasteiger partial charge in [0.25, 0.3) is 8.53 Å². The zero-order valence-electron chi connectivity index (χ0n) is 23.6. The number of nitrogens with zero attached hydrogens (tertiary/aromatic N) is 5. The summed E-state index contributed by atoms with van der Waals surface area (Å²) >= 11 is 0. The van der Waals surface area contributed by atoms with Crippen molar-refractivity contribution in [3.8, 4) is 17.9 Å². The number of rotatable bonds is 10. The molecule has 0 bridgehead atoms. The van der Waals surface area contributed by atoms with E-state index in [4.69, 9.17) is 21.8 Å². The van der Waals surface area contributed by atoms with Crippen molar-refractivity contribution in [3.05, 3.63) is 22.2 Å². The van der Waals surface area contributed by atoms with Gasteiger partial charge in [0, 0.05) is 39.4 Å². The lowest BCUT2D eigenvalue weighted by molar-refractivity contribution is -0.00869. The number of hydrogen-bond acceptors (Lipinski definition) is 9. The second kappa shape index (κ2) is 15.7. The van der Waals surface area contributed by atoms with Gasteiger partial charge in [0.05, 0.1) is 36.9 Å². The summed E-state index contributed by atoms with van der Waals surface area (Å²) in [5.41, 5.74) is 0.0126. The first-order chi connectivity index (χ1) is 17.7. The highest BCUT2D eigenvalue weighted by Gasteiger charge is 2.39. The molecule has 11 heteroatoms. The SMILES string of the molecule is [2H]C[C@H]1O[C@@H](n2cc(C#CC)c(N=CC)nc2=O)CC1OP(OCCC#N)N(C(C)C)C(C)C.[3H]OC. The molecular weight excluding hydrogens is 469 g/mol. The lowest BCUT2D eigenvalue weighted by Gasteiger charge is -2.37. The third-order valence-electron chi connectivity index (χ3n) is 4.82. The number of nitriles is 1. The summed E-state index contributed by atoms with van der Waals surface area (Å²) < 4.78 is 35.7. The van der Waals surface area contributed by atoms with Crippen LogP contribution in [0.5, 0.6) is 0 Å². The van der Waals surface area contributed by atoms with Gasteiger partial charge in [-0.15, -0.1) is 5.92 Å². The number of aliphatic hydroxyl groups is 1. The summed E-state index contributed by atoms with van der Waals surface area (Å²) in [6.07, 6.45) is 2.11. The summed E-state index contributed by atoms with van der Waals surface area (Å²) in [6.45, 7) is 11.9. The molecule has 2 unspecified atom stereocenters. The Balaban J connectivity index is 0.00000217. The molecule has 194 valence electrons. The predicted molar refractivity (Wildman–Crippen MR) is 137 cm³/mol. The topological polar surface area (TPSA) is 122 Å². The van der Waals surface area contributed by atoms with Gasteiger partial charge >= 0.3 is 5.69 Å². The van der Waals surface area contributed by atoms with E-state index in [9.17, 15) is 4.79 Å². The molecule has 2 rings (SSSR count). The van der Waals surface area contributed by atoms with E-state index in [1.165, 1.54) is 11.7 Å². The maximum absolute atomic E-state index is 12.7. The highest BCUT2D eigenvalue weighted by molar-refractivity contribution is 7.44. The van der Waals surface area contributed by atoms with Crippen molar-refractivity contribution < 1.29 is 20.3 Å². The van der Waals surface area contributed by atoms with Crippen LogP contribution >= 0.6 is 8.53 Å². The Labute approximate surface area is 212 Å². The molecule has 1 aromatic heterocycles. The number of aliphatic imine (C=N–C) groups is 1. The fourth-order valence-corrected chi connectivity index (χ4v) is 5.26. The van der Waals surface area contributed by atoms with Gasteiger partial charge in [-0.1, -0.05) is 5.92 Å². The Morgan fingerprint density at radius 2 is 2.23 bits per heavy atom. The molecule has 4 atom stereocenters.